The molecule has 0 radical (unpaired) electrons. The number of aromatic nitrogens is 2. The van der Waals surface area contributed by atoms with Gasteiger partial charge in [0.25, 0.3) is 0 Å². The fourth-order valence-corrected chi connectivity index (χ4v) is 1.45. The maximum absolute atomic E-state index is 4.33. The highest BCUT2D eigenvalue weighted by Gasteiger charge is 2.10. The van der Waals surface area contributed by atoms with E-state index in [-0.39, 0.29) is 5.54 Å². The van der Waals surface area contributed by atoms with Gasteiger partial charge in [-0.25, -0.2) is 0 Å². The van der Waals surface area contributed by atoms with Gasteiger partial charge in [-0.2, -0.15) is 5.10 Å². The Labute approximate surface area is 98.5 Å². The van der Waals surface area contributed by atoms with Gasteiger partial charge in [0, 0.05) is 24.8 Å². The summed E-state index contributed by atoms with van der Waals surface area (Å²) in [5.41, 5.74) is 1.40. The molecule has 0 saturated carbocycles. The Morgan fingerprint density at radius 2 is 2.25 bits per heavy atom. The van der Waals surface area contributed by atoms with Crippen LogP contribution in [-0.4, -0.2) is 15.3 Å². The van der Waals surface area contributed by atoms with Crippen molar-refractivity contribution in [1.82, 2.24) is 15.1 Å². The number of rotatable bonds is 6. The zero-order valence-electron chi connectivity index (χ0n) is 10.7. The van der Waals surface area contributed by atoms with Crippen molar-refractivity contribution in [2.24, 2.45) is 0 Å². The van der Waals surface area contributed by atoms with Gasteiger partial charge in [0.2, 0.25) is 0 Å². The van der Waals surface area contributed by atoms with Gasteiger partial charge in [-0.3, -0.25) is 4.68 Å². The molecule has 1 aromatic rings. The molecule has 1 aromatic heterocycles. The van der Waals surface area contributed by atoms with Crippen molar-refractivity contribution in [3.63, 3.8) is 0 Å². The van der Waals surface area contributed by atoms with Crippen molar-refractivity contribution in [3.8, 4) is 0 Å². The van der Waals surface area contributed by atoms with E-state index in [9.17, 15) is 0 Å². The number of hydrogen-bond donors (Lipinski definition) is 1. The van der Waals surface area contributed by atoms with Crippen molar-refractivity contribution >= 4 is 0 Å². The van der Waals surface area contributed by atoms with E-state index in [1.165, 1.54) is 5.69 Å². The van der Waals surface area contributed by atoms with Gasteiger partial charge in [-0.05, 0) is 39.7 Å². The quantitative estimate of drug-likeness (QED) is 0.591. The van der Waals surface area contributed by atoms with Crippen LogP contribution in [0.25, 0.3) is 0 Å². The summed E-state index contributed by atoms with van der Waals surface area (Å²) in [4.78, 5) is 0. The third-order valence-corrected chi connectivity index (χ3v) is 2.38. The minimum absolute atomic E-state index is 0.149. The molecule has 0 aromatic carbocycles. The number of unbranched alkanes of at least 4 members (excludes halogenated alkanes) is 1. The zero-order chi connectivity index (χ0) is 12.0. The van der Waals surface area contributed by atoms with E-state index in [1.807, 2.05) is 12.3 Å². The Balaban J connectivity index is 2.47. The Hall–Kier alpha value is -1.09. The summed E-state index contributed by atoms with van der Waals surface area (Å²) >= 11 is 0. The fourth-order valence-electron chi connectivity index (χ4n) is 1.45. The average Bonchev–Trinajstić information content (AvgIpc) is 2.62. The Bertz CT molecular complexity index is 320. The molecule has 3 heteroatoms. The van der Waals surface area contributed by atoms with E-state index >= 15 is 0 Å². The van der Waals surface area contributed by atoms with Crippen LogP contribution in [0.4, 0.5) is 0 Å². The van der Waals surface area contributed by atoms with Crippen LogP contribution in [0.3, 0.4) is 0 Å². The summed E-state index contributed by atoms with van der Waals surface area (Å²) in [6.07, 6.45) is 5.98. The Morgan fingerprint density at radius 3 is 2.88 bits per heavy atom. The third kappa shape index (κ3) is 4.62. The first-order valence-electron chi connectivity index (χ1n) is 5.89. The monoisotopic (exact) mass is 221 g/mol. The summed E-state index contributed by atoms with van der Waals surface area (Å²) in [5.74, 6) is 0. The van der Waals surface area contributed by atoms with E-state index < -0.39 is 0 Å². The summed E-state index contributed by atoms with van der Waals surface area (Å²) in [6, 6.07) is 2.08. The van der Waals surface area contributed by atoms with E-state index in [1.54, 1.807) is 0 Å². The molecule has 0 aliphatic heterocycles. The van der Waals surface area contributed by atoms with Gasteiger partial charge in [0.1, 0.15) is 0 Å². The molecule has 0 saturated heterocycles. The summed E-state index contributed by atoms with van der Waals surface area (Å²) < 4.78 is 2.07. The van der Waals surface area contributed by atoms with Crippen LogP contribution in [0.2, 0.25) is 0 Å². The topological polar surface area (TPSA) is 29.9 Å². The lowest BCUT2D eigenvalue weighted by Gasteiger charge is -2.20. The van der Waals surface area contributed by atoms with Crippen molar-refractivity contribution in [2.45, 2.75) is 52.2 Å². The standard InChI is InChI=1S/C13H23N3/c1-5-6-7-10-16-12(8-9-15-16)11-14-13(2,3)4/h5,8-9,14H,1,6-7,10-11H2,2-4H3. The molecule has 1 heterocycles. The number of aryl methyl sites for hydroxylation is 1. The number of nitrogens with one attached hydrogen (secondary N) is 1. The van der Waals surface area contributed by atoms with E-state index in [4.69, 9.17) is 0 Å². The molecular weight excluding hydrogens is 198 g/mol. The SMILES string of the molecule is C=CCCCn1nccc1CNC(C)(C)C. The molecule has 0 spiro atoms. The van der Waals surface area contributed by atoms with Crippen LogP contribution in [0.5, 0.6) is 0 Å². The van der Waals surface area contributed by atoms with Crippen LogP contribution >= 0.6 is 0 Å². The predicted molar refractivity (Wildman–Crippen MR) is 68.3 cm³/mol. The molecule has 0 unspecified atom stereocenters. The number of allylic oxidation sites excluding steroid dienone is 1. The van der Waals surface area contributed by atoms with Crippen molar-refractivity contribution in [1.29, 1.82) is 0 Å². The molecule has 3 nitrogen and oxygen atoms in total. The van der Waals surface area contributed by atoms with Gasteiger partial charge < -0.3 is 5.32 Å². The highest BCUT2D eigenvalue weighted by molar-refractivity contribution is 5.00. The molecule has 0 fully saturated rings. The molecule has 1 rings (SSSR count). The van der Waals surface area contributed by atoms with Gasteiger partial charge in [-0.15, -0.1) is 6.58 Å². The molecular formula is C13H23N3. The summed E-state index contributed by atoms with van der Waals surface area (Å²) in [7, 11) is 0. The van der Waals surface area contributed by atoms with E-state index in [0.29, 0.717) is 0 Å². The first kappa shape index (κ1) is 13.0. The van der Waals surface area contributed by atoms with E-state index in [2.05, 4.69) is 48.5 Å². The van der Waals surface area contributed by atoms with Crippen molar-refractivity contribution in [2.75, 3.05) is 0 Å². The van der Waals surface area contributed by atoms with Crippen LogP contribution in [0.1, 0.15) is 39.3 Å². The minimum Gasteiger partial charge on any atom is -0.306 e. The zero-order valence-corrected chi connectivity index (χ0v) is 10.7. The predicted octanol–water partition coefficient (Wildman–Crippen LogP) is 2.74. The molecule has 0 amide bonds. The summed E-state index contributed by atoms with van der Waals surface area (Å²) in [6.45, 7) is 12.1. The number of hydrogen-bond acceptors (Lipinski definition) is 2. The molecule has 0 aliphatic carbocycles. The lowest BCUT2D eigenvalue weighted by atomic mass is 10.1. The lowest BCUT2D eigenvalue weighted by molar-refractivity contribution is 0.410. The minimum atomic E-state index is 0.149. The van der Waals surface area contributed by atoms with E-state index in [0.717, 1.165) is 25.9 Å². The summed E-state index contributed by atoms with van der Waals surface area (Å²) in [5, 5.41) is 7.81. The molecule has 90 valence electrons. The van der Waals surface area contributed by atoms with Crippen LogP contribution in [0.15, 0.2) is 24.9 Å². The van der Waals surface area contributed by atoms with Gasteiger partial charge in [-0.1, -0.05) is 6.08 Å². The van der Waals surface area contributed by atoms with Crippen LogP contribution in [-0.2, 0) is 13.1 Å². The first-order chi connectivity index (χ1) is 7.53. The second kappa shape index (κ2) is 5.85. The Kier molecular flexibility index (Phi) is 4.74. The normalized spacial score (nSPS) is 11.7. The highest BCUT2D eigenvalue weighted by Crippen LogP contribution is 2.05. The lowest BCUT2D eigenvalue weighted by Crippen LogP contribution is -2.35. The van der Waals surface area contributed by atoms with Crippen LogP contribution < -0.4 is 5.32 Å². The molecule has 0 atom stereocenters. The Morgan fingerprint density at radius 1 is 1.50 bits per heavy atom. The smallest absolute Gasteiger partial charge is 0.0522 e. The van der Waals surface area contributed by atoms with Crippen molar-refractivity contribution < 1.29 is 0 Å². The fraction of sp³-hybridized carbons (Fsp3) is 0.615. The van der Waals surface area contributed by atoms with Gasteiger partial charge >= 0.3 is 0 Å². The van der Waals surface area contributed by atoms with Crippen LogP contribution in [0, 0.1) is 0 Å². The molecule has 1 N–H and O–H groups in total. The maximum Gasteiger partial charge on any atom is 0.0522 e. The second-order valence-electron chi connectivity index (χ2n) is 5.08. The highest BCUT2D eigenvalue weighted by atomic mass is 15.3. The molecule has 0 aliphatic rings. The third-order valence-electron chi connectivity index (χ3n) is 2.38. The van der Waals surface area contributed by atoms with Gasteiger partial charge in [0.15, 0.2) is 0 Å². The van der Waals surface area contributed by atoms with Crippen molar-refractivity contribution in [3.05, 3.63) is 30.6 Å². The molecule has 0 bridgehead atoms. The largest absolute Gasteiger partial charge is 0.306 e. The second-order valence-corrected chi connectivity index (χ2v) is 5.08. The molecule has 16 heavy (non-hydrogen) atoms. The number of nitrogens with zero attached hydrogens (tertiary/aromatic N) is 2. The van der Waals surface area contributed by atoms with Gasteiger partial charge in [0.05, 0.1) is 5.69 Å². The maximum atomic E-state index is 4.33. The first-order valence-corrected chi connectivity index (χ1v) is 5.89. The average molecular weight is 221 g/mol.